The van der Waals surface area contributed by atoms with Gasteiger partial charge in [-0.1, -0.05) is 38.7 Å². The van der Waals surface area contributed by atoms with Crippen molar-refractivity contribution < 1.29 is 0 Å². The molecule has 0 atom stereocenters. The molecule has 0 aliphatic rings. The van der Waals surface area contributed by atoms with Crippen LogP contribution in [-0.2, 0) is 0 Å². The van der Waals surface area contributed by atoms with Crippen molar-refractivity contribution in [1.29, 1.82) is 0 Å². The van der Waals surface area contributed by atoms with E-state index >= 15 is 0 Å². The predicted molar refractivity (Wildman–Crippen MR) is 52.7 cm³/mol. The molecule has 0 amide bonds. The smallest absolute Gasteiger partial charge is 0.104 e. The Balaban J connectivity index is 4.13. The van der Waals surface area contributed by atoms with Gasteiger partial charge in [0, 0.05) is 0 Å². The third-order valence-electron chi connectivity index (χ3n) is 1.31. The fraction of sp³-hybridized carbons (Fsp3) is 0.400. The van der Waals surface area contributed by atoms with E-state index in [0.29, 0.717) is 11.6 Å². The van der Waals surface area contributed by atoms with Crippen LogP contribution in [0.2, 0.25) is 0 Å². The quantitative estimate of drug-likeness (QED) is 0.453. The average molecular weight is 165 g/mol. The molecule has 0 heterocycles. The first-order valence-electron chi connectivity index (χ1n) is 4.03. The third-order valence-corrected chi connectivity index (χ3v) is 1.31. The highest BCUT2D eigenvalue weighted by Crippen LogP contribution is 2.06. The Labute approximate surface area is 73.6 Å². The van der Waals surface area contributed by atoms with Crippen LogP contribution in [-0.4, -0.2) is 0 Å². The van der Waals surface area contributed by atoms with Crippen molar-refractivity contribution in [2.75, 3.05) is 0 Å². The van der Waals surface area contributed by atoms with Gasteiger partial charge in [-0.15, -0.1) is 4.91 Å². The van der Waals surface area contributed by atoms with Crippen molar-refractivity contribution in [2.45, 2.75) is 20.3 Å². The van der Waals surface area contributed by atoms with Crippen LogP contribution in [0.4, 0.5) is 0 Å². The number of rotatable bonds is 5. The van der Waals surface area contributed by atoms with Gasteiger partial charge in [0.25, 0.3) is 0 Å². The topological polar surface area (TPSA) is 29.4 Å². The zero-order chi connectivity index (χ0) is 9.40. The monoisotopic (exact) mass is 165 g/mol. The van der Waals surface area contributed by atoms with Gasteiger partial charge in [-0.3, -0.25) is 0 Å². The Hall–Kier alpha value is -1.18. The average Bonchev–Trinajstić information content (AvgIpc) is 2.05. The van der Waals surface area contributed by atoms with Crippen LogP contribution in [0.1, 0.15) is 20.3 Å². The van der Waals surface area contributed by atoms with E-state index in [-0.39, 0.29) is 0 Å². The van der Waals surface area contributed by atoms with Gasteiger partial charge in [0.05, 0.1) is 0 Å². The van der Waals surface area contributed by atoms with Crippen molar-refractivity contribution >= 4 is 0 Å². The normalized spacial score (nSPS) is 12.4. The Morgan fingerprint density at radius 1 is 1.58 bits per heavy atom. The maximum atomic E-state index is 10.2. The van der Waals surface area contributed by atoms with Gasteiger partial charge in [0.15, 0.2) is 0 Å². The van der Waals surface area contributed by atoms with Crippen LogP contribution in [0.3, 0.4) is 0 Å². The van der Waals surface area contributed by atoms with Gasteiger partial charge in [-0.2, -0.15) is 0 Å². The van der Waals surface area contributed by atoms with Crippen LogP contribution in [0.25, 0.3) is 0 Å². The molecular weight excluding hydrogens is 150 g/mol. The summed E-state index contributed by atoms with van der Waals surface area (Å²) in [6.07, 6.45) is 7.69. The number of nitrogens with zero attached hydrogens (tertiary/aromatic N) is 1. The molecule has 2 heteroatoms. The molecule has 0 radical (unpaired) electrons. The van der Waals surface area contributed by atoms with Gasteiger partial charge in [0.2, 0.25) is 0 Å². The molecule has 0 rings (SSSR count). The summed E-state index contributed by atoms with van der Waals surface area (Å²) in [4.78, 5) is 10.2. The Morgan fingerprint density at radius 3 is 2.67 bits per heavy atom. The largest absolute Gasteiger partial charge is 0.145 e. The molecule has 0 aromatic carbocycles. The molecule has 0 saturated heterocycles. The van der Waals surface area contributed by atoms with E-state index < -0.39 is 0 Å². The molecule has 0 aliphatic heterocycles. The highest BCUT2D eigenvalue weighted by molar-refractivity contribution is 5.20. The maximum absolute atomic E-state index is 10.2. The van der Waals surface area contributed by atoms with Crippen LogP contribution in [0.5, 0.6) is 0 Å². The predicted octanol–water partition coefficient (Wildman–Crippen LogP) is 3.43. The van der Waals surface area contributed by atoms with Gasteiger partial charge in [0.1, 0.15) is 5.70 Å². The number of hydrogen-bond acceptors (Lipinski definition) is 2. The lowest BCUT2D eigenvalue weighted by molar-refractivity contribution is 0.661. The molecule has 0 unspecified atom stereocenters. The van der Waals surface area contributed by atoms with E-state index in [2.05, 4.69) is 25.6 Å². The third kappa shape index (κ3) is 5.59. The summed E-state index contributed by atoms with van der Waals surface area (Å²) < 4.78 is 0. The standard InChI is InChI=1S/C10H15NO/c1-4-5-6-10(11-12)8-7-9(2)3/h4-6,8-9H,1,7H2,2-3H3. The number of allylic oxidation sites excluding steroid dienone is 4. The van der Waals surface area contributed by atoms with Crippen molar-refractivity contribution in [3.05, 3.63) is 41.5 Å². The van der Waals surface area contributed by atoms with Crippen molar-refractivity contribution in [2.24, 2.45) is 11.1 Å². The van der Waals surface area contributed by atoms with E-state index in [1.54, 1.807) is 18.2 Å². The van der Waals surface area contributed by atoms with Crippen LogP contribution >= 0.6 is 0 Å². The van der Waals surface area contributed by atoms with Crippen LogP contribution in [0.15, 0.2) is 41.8 Å². The molecule has 0 saturated carbocycles. The Kier molecular flexibility index (Phi) is 5.88. The number of nitroso groups, excluding NO2 is 1. The number of hydrogen-bond donors (Lipinski definition) is 0. The van der Waals surface area contributed by atoms with Gasteiger partial charge >= 0.3 is 0 Å². The molecule has 0 aliphatic carbocycles. The fourth-order valence-corrected chi connectivity index (χ4v) is 0.659. The van der Waals surface area contributed by atoms with E-state index in [0.717, 1.165) is 6.42 Å². The molecule has 0 N–H and O–H groups in total. The second-order valence-electron chi connectivity index (χ2n) is 2.94. The van der Waals surface area contributed by atoms with E-state index in [1.165, 1.54) is 0 Å². The lowest BCUT2D eigenvalue weighted by Crippen LogP contribution is -1.83. The van der Waals surface area contributed by atoms with Crippen LogP contribution in [0, 0.1) is 10.8 Å². The summed E-state index contributed by atoms with van der Waals surface area (Å²) in [5.74, 6) is 0.555. The summed E-state index contributed by atoms with van der Waals surface area (Å²) >= 11 is 0. The van der Waals surface area contributed by atoms with E-state index in [9.17, 15) is 4.91 Å². The van der Waals surface area contributed by atoms with Gasteiger partial charge in [-0.05, 0) is 23.6 Å². The highest BCUT2D eigenvalue weighted by atomic mass is 16.3. The molecule has 0 fully saturated rings. The Bertz CT molecular complexity index is 202. The highest BCUT2D eigenvalue weighted by Gasteiger charge is 1.92. The van der Waals surface area contributed by atoms with Crippen molar-refractivity contribution in [3.8, 4) is 0 Å². The second-order valence-corrected chi connectivity index (χ2v) is 2.94. The zero-order valence-corrected chi connectivity index (χ0v) is 7.66. The molecule has 12 heavy (non-hydrogen) atoms. The summed E-state index contributed by atoms with van der Waals surface area (Å²) in [5.41, 5.74) is 0.476. The minimum atomic E-state index is 0.476. The second kappa shape index (κ2) is 6.53. The molecule has 2 nitrogen and oxygen atoms in total. The molecule has 0 bridgehead atoms. The van der Waals surface area contributed by atoms with Gasteiger partial charge in [-0.25, -0.2) is 0 Å². The summed E-state index contributed by atoms with van der Waals surface area (Å²) in [6.45, 7) is 7.69. The van der Waals surface area contributed by atoms with Gasteiger partial charge < -0.3 is 0 Å². The SMILES string of the molecule is C=CC=CC(=CCC(C)C)N=O. The van der Waals surface area contributed by atoms with E-state index in [4.69, 9.17) is 0 Å². The lowest BCUT2D eigenvalue weighted by atomic mass is 10.1. The van der Waals surface area contributed by atoms with Crippen molar-refractivity contribution in [1.82, 2.24) is 0 Å². The minimum Gasteiger partial charge on any atom is -0.145 e. The first kappa shape index (κ1) is 10.8. The zero-order valence-electron chi connectivity index (χ0n) is 7.66. The molecule has 66 valence electrons. The van der Waals surface area contributed by atoms with E-state index in [1.807, 2.05) is 6.08 Å². The summed E-state index contributed by atoms with van der Waals surface area (Å²) in [7, 11) is 0. The fourth-order valence-electron chi connectivity index (χ4n) is 0.659. The summed E-state index contributed by atoms with van der Waals surface area (Å²) in [5, 5.41) is 2.87. The molecule has 0 aromatic heterocycles. The van der Waals surface area contributed by atoms with Crippen molar-refractivity contribution in [3.63, 3.8) is 0 Å². The maximum Gasteiger partial charge on any atom is 0.104 e. The molecule has 0 spiro atoms. The van der Waals surface area contributed by atoms with Crippen LogP contribution < -0.4 is 0 Å². The Morgan fingerprint density at radius 2 is 2.25 bits per heavy atom. The summed E-state index contributed by atoms with van der Waals surface area (Å²) in [6, 6.07) is 0. The molecule has 0 aromatic rings. The first-order chi connectivity index (χ1) is 5.70. The minimum absolute atomic E-state index is 0.476. The lowest BCUT2D eigenvalue weighted by Gasteiger charge is -1.96. The first-order valence-corrected chi connectivity index (χ1v) is 4.03. The molecular formula is C10H15NO.